The molecule has 0 aliphatic carbocycles. The Morgan fingerprint density at radius 1 is 1.05 bits per heavy atom. The summed E-state index contributed by atoms with van der Waals surface area (Å²) in [6.07, 6.45) is 7.80. The maximum Gasteiger partial charge on any atom is 0.287 e. The second-order valence-electron chi connectivity index (χ2n) is 9.63. The smallest absolute Gasteiger partial charge is 0.287 e. The van der Waals surface area contributed by atoms with Crippen molar-refractivity contribution in [2.45, 2.75) is 24.1 Å². The first-order chi connectivity index (χ1) is 20.2. The SMILES string of the molecule is COCc1cc(N2CCN(C/C=C/c3ccccc3)CC2)nc(SCc2ccc(C(=O)NCc3ccncc3)o2)n1. The molecule has 0 saturated carbocycles. The number of pyridine rings is 1. The summed E-state index contributed by atoms with van der Waals surface area (Å²) in [5.41, 5.74) is 3.03. The monoisotopic (exact) mass is 570 g/mol. The largest absolute Gasteiger partial charge is 0.455 e. The second-order valence-corrected chi connectivity index (χ2v) is 10.6. The number of carbonyl (C=O) groups is 1. The molecule has 0 radical (unpaired) electrons. The van der Waals surface area contributed by atoms with Gasteiger partial charge in [0.05, 0.1) is 18.1 Å². The first-order valence-electron chi connectivity index (χ1n) is 13.6. The van der Waals surface area contributed by atoms with Crippen molar-refractivity contribution in [3.63, 3.8) is 0 Å². The van der Waals surface area contributed by atoms with Crippen molar-refractivity contribution >= 4 is 29.6 Å². The molecule has 1 aliphatic rings. The molecule has 0 spiro atoms. The lowest BCUT2D eigenvalue weighted by molar-refractivity contribution is 0.0921. The van der Waals surface area contributed by atoms with Gasteiger partial charge in [-0.1, -0.05) is 54.2 Å². The van der Waals surface area contributed by atoms with E-state index >= 15 is 0 Å². The summed E-state index contributed by atoms with van der Waals surface area (Å²) >= 11 is 1.48. The fourth-order valence-electron chi connectivity index (χ4n) is 4.45. The molecule has 1 aliphatic heterocycles. The molecule has 5 rings (SSSR count). The van der Waals surface area contributed by atoms with Crippen LogP contribution in [0.15, 0.2) is 88.7 Å². The topological polar surface area (TPSA) is 96.6 Å². The Balaban J connectivity index is 1.14. The van der Waals surface area contributed by atoms with E-state index in [9.17, 15) is 4.79 Å². The Labute approximate surface area is 244 Å². The van der Waals surface area contributed by atoms with Crippen LogP contribution in [0, 0.1) is 0 Å². The average Bonchev–Trinajstić information content (AvgIpc) is 3.50. The van der Waals surface area contributed by atoms with Gasteiger partial charge in [0.15, 0.2) is 10.9 Å². The molecule has 1 N–H and O–H groups in total. The van der Waals surface area contributed by atoms with E-state index in [1.165, 1.54) is 17.3 Å². The van der Waals surface area contributed by atoms with E-state index in [-0.39, 0.29) is 11.7 Å². The molecule has 1 amide bonds. The third-order valence-corrected chi connectivity index (χ3v) is 7.51. The minimum absolute atomic E-state index is 0.256. The molecule has 0 atom stereocenters. The van der Waals surface area contributed by atoms with Gasteiger partial charge in [-0.05, 0) is 35.4 Å². The number of nitrogens with one attached hydrogen (secondary N) is 1. The number of nitrogens with zero attached hydrogens (tertiary/aromatic N) is 5. The number of methoxy groups -OCH3 is 1. The van der Waals surface area contributed by atoms with Crippen LogP contribution in [-0.2, 0) is 23.6 Å². The Kier molecular flexibility index (Phi) is 10.2. The number of ether oxygens (including phenoxy) is 1. The van der Waals surface area contributed by atoms with E-state index in [1.54, 1.807) is 25.6 Å². The van der Waals surface area contributed by atoms with Crippen molar-refractivity contribution in [1.82, 2.24) is 25.2 Å². The number of hydrogen-bond acceptors (Lipinski definition) is 9. The fourth-order valence-corrected chi connectivity index (χ4v) is 5.22. The standard InChI is InChI=1S/C31H34N6O3S/c1-39-22-26-20-29(37-18-16-36(17-19-37)15-5-8-24-6-3-2-4-7-24)35-31(34-26)41-23-27-9-10-28(40-27)30(38)33-21-25-11-13-32-14-12-25/h2-14,20H,15-19,21-23H2,1H3,(H,33,38)/b8-5+. The maximum atomic E-state index is 12.5. The van der Waals surface area contributed by atoms with Crippen LogP contribution in [0.1, 0.15) is 33.1 Å². The number of benzene rings is 1. The molecule has 9 nitrogen and oxygen atoms in total. The lowest BCUT2D eigenvalue weighted by atomic mass is 10.2. The molecule has 0 unspecified atom stereocenters. The lowest BCUT2D eigenvalue weighted by Gasteiger charge is -2.35. The number of carbonyl (C=O) groups excluding carboxylic acids is 1. The highest BCUT2D eigenvalue weighted by Gasteiger charge is 2.19. The van der Waals surface area contributed by atoms with Gasteiger partial charge in [-0.25, -0.2) is 9.97 Å². The molecule has 41 heavy (non-hydrogen) atoms. The predicted molar refractivity (Wildman–Crippen MR) is 161 cm³/mol. The van der Waals surface area contributed by atoms with Gasteiger partial charge in [0.2, 0.25) is 0 Å². The van der Waals surface area contributed by atoms with Gasteiger partial charge < -0.3 is 19.4 Å². The summed E-state index contributed by atoms with van der Waals surface area (Å²) < 4.78 is 11.2. The number of aromatic nitrogens is 3. The molecular weight excluding hydrogens is 536 g/mol. The van der Waals surface area contributed by atoms with E-state index in [2.05, 4.69) is 61.5 Å². The zero-order chi connectivity index (χ0) is 28.3. The molecular formula is C31H34N6O3S. The van der Waals surface area contributed by atoms with Gasteiger partial charge in [-0.15, -0.1) is 0 Å². The van der Waals surface area contributed by atoms with Crippen LogP contribution in [0.3, 0.4) is 0 Å². The quantitative estimate of drug-likeness (QED) is 0.193. The summed E-state index contributed by atoms with van der Waals surface area (Å²) in [6.45, 7) is 5.46. The second kappa shape index (κ2) is 14.6. The van der Waals surface area contributed by atoms with Crippen LogP contribution in [0.25, 0.3) is 6.08 Å². The van der Waals surface area contributed by atoms with Crippen molar-refractivity contribution in [3.8, 4) is 0 Å². The summed E-state index contributed by atoms with van der Waals surface area (Å²) in [6, 6.07) is 19.6. The lowest BCUT2D eigenvalue weighted by Crippen LogP contribution is -2.46. The minimum Gasteiger partial charge on any atom is -0.455 e. The minimum atomic E-state index is -0.256. The number of rotatable bonds is 12. The van der Waals surface area contributed by atoms with Gasteiger partial charge in [-0.2, -0.15) is 0 Å². The van der Waals surface area contributed by atoms with E-state index in [0.29, 0.717) is 29.8 Å². The highest BCUT2D eigenvalue weighted by Crippen LogP contribution is 2.25. The molecule has 1 saturated heterocycles. The van der Waals surface area contributed by atoms with Crippen LogP contribution in [0.4, 0.5) is 5.82 Å². The molecule has 212 valence electrons. The van der Waals surface area contributed by atoms with Crippen LogP contribution in [0.5, 0.6) is 0 Å². The van der Waals surface area contributed by atoms with Crippen molar-refractivity contribution in [2.75, 3.05) is 44.7 Å². The normalized spacial score (nSPS) is 14.0. The van der Waals surface area contributed by atoms with Gasteiger partial charge in [0.1, 0.15) is 11.6 Å². The molecule has 1 fully saturated rings. The maximum absolute atomic E-state index is 12.5. The van der Waals surface area contributed by atoms with E-state index in [1.807, 2.05) is 30.3 Å². The molecule has 10 heteroatoms. The summed E-state index contributed by atoms with van der Waals surface area (Å²) in [7, 11) is 1.67. The van der Waals surface area contributed by atoms with Crippen LogP contribution < -0.4 is 10.2 Å². The number of piperazine rings is 1. The summed E-state index contributed by atoms with van der Waals surface area (Å²) in [5, 5.41) is 3.53. The number of furan rings is 1. The number of amides is 1. The van der Waals surface area contributed by atoms with Gasteiger partial charge in [0, 0.05) is 64.8 Å². The third kappa shape index (κ3) is 8.50. The third-order valence-electron chi connectivity index (χ3n) is 6.64. The Hall–Kier alpha value is -3.99. The van der Waals surface area contributed by atoms with Gasteiger partial charge >= 0.3 is 0 Å². The van der Waals surface area contributed by atoms with Gasteiger partial charge in [0.25, 0.3) is 5.91 Å². The van der Waals surface area contributed by atoms with Crippen LogP contribution in [0.2, 0.25) is 0 Å². The Morgan fingerprint density at radius 3 is 2.63 bits per heavy atom. The van der Waals surface area contributed by atoms with Crippen LogP contribution in [-0.4, -0.2) is 65.6 Å². The van der Waals surface area contributed by atoms with Crippen molar-refractivity contribution in [2.24, 2.45) is 0 Å². The molecule has 0 bridgehead atoms. The zero-order valence-corrected chi connectivity index (χ0v) is 23.9. The first kappa shape index (κ1) is 28.5. The zero-order valence-electron chi connectivity index (χ0n) is 23.1. The number of thioether (sulfide) groups is 1. The average molecular weight is 571 g/mol. The molecule has 1 aromatic carbocycles. The highest BCUT2D eigenvalue weighted by molar-refractivity contribution is 7.98. The number of hydrogen-bond donors (Lipinski definition) is 1. The van der Waals surface area contributed by atoms with E-state index in [4.69, 9.17) is 14.1 Å². The Morgan fingerprint density at radius 2 is 1.85 bits per heavy atom. The van der Waals surface area contributed by atoms with Crippen molar-refractivity contribution < 1.29 is 13.9 Å². The van der Waals surface area contributed by atoms with Crippen LogP contribution >= 0.6 is 11.8 Å². The fraction of sp³-hybridized carbons (Fsp3) is 0.290. The molecule has 4 aromatic rings. The van der Waals surface area contributed by atoms with Crippen molar-refractivity contribution in [3.05, 3.63) is 107 Å². The number of anilines is 1. The van der Waals surface area contributed by atoms with E-state index in [0.717, 1.165) is 49.8 Å². The highest BCUT2D eigenvalue weighted by atomic mass is 32.2. The van der Waals surface area contributed by atoms with E-state index < -0.39 is 0 Å². The summed E-state index contributed by atoms with van der Waals surface area (Å²) in [4.78, 5) is 30.8. The molecule has 4 heterocycles. The predicted octanol–water partition coefficient (Wildman–Crippen LogP) is 4.67. The Bertz CT molecular complexity index is 1420. The van der Waals surface area contributed by atoms with Gasteiger partial charge in [-0.3, -0.25) is 14.7 Å². The summed E-state index contributed by atoms with van der Waals surface area (Å²) in [5.74, 6) is 2.12. The first-order valence-corrected chi connectivity index (χ1v) is 14.6. The molecule has 3 aromatic heterocycles. The van der Waals surface area contributed by atoms with Crippen molar-refractivity contribution in [1.29, 1.82) is 0 Å².